The van der Waals surface area contributed by atoms with Gasteiger partial charge in [0.05, 0.1) is 33.1 Å². The molecule has 0 fully saturated rings. The van der Waals surface area contributed by atoms with Crippen molar-refractivity contribution >= 4 is 17.9 Å². The lowest BCUT2D eigenvalue weighted by molar-refractivity contribution is 0.277. The molecule has 1 unspecified atom stereocenters. The third kappa shape index (κ3) is 4.10. The number of methoxy groups -OCH3 is 2. The van der Waals surface area contributed by atoms with E-state index in [0.29, 0.717) is 5.76 Å². The van der Waals surface area contributed by atoms with Gasteiger partial charge in [0.25, 0.3) is 5.56 Å². The van der Waals surface area contributed by atoms with Crippen molar-refractivity contribution in [2.24, 2.45) is 4.99 Å². The molecular formula is C10H13ClN4O3. The van der Waals surface area contributed by atoms with Gasteiger partial charge in [-0.15, -0.1) is 0 Å². The summed E-state index contributed by atoms with van der Waals surface area (Å²) in [6, 6.07) is 0. The Bertz CT molecular complexity index is 486. The quantitative estimate of drug-likeness (QED) is 0.603. The molecular weight excluding hydrogens is 260 g/mol. The molecule has 0 aliphatic carbocycles. The fourth-order valence-electron chi connectivity index (χ4n) is 1.00. The molecule has 0 bridgehead atoms. The molecule has 1 aliphatic rings. The van der Waals surface area contributed by atoms with Crippen molar-refractivity contribution in [3.63, 3.8) is 0 Å². The number of aromatic amines is 1. The lowest BCUT2D eigenvalue weighted by Gasteiger charge is -2.11. The third-order valence-electron chi connectivity index (χ3n) is 1.88. The summed E-state index contributed by atoms with van der Waals surface area (Å²) in [7, 11) is 2.98. The highest BCUT2D eigenvalue weighted by Gasteiger charge is 2.10. The van der Waals surface area contributed by atoms with Crippen LogP contribution in [0.5, 0.6) is 5.75 Å². The van der Waals surface area contributed by atoms with Crippen molar-refractivity contribution in [2.75, 3.05) is 14.2 Å². The third-order valence-corrected chi connectivity index (χ3v) is 2.21. The lowest BCUT2D eigenvalue weighted by atomic mass is 10.5. The molecule has 0 amide bonds. The van der Waals surface area contributed by atoms with Gasteiger partial charge in [0, 0.05) is 6.20 Å². The summed E-state index contributed by atoms with van der Waals surface area (Å²) in [6.45, 7) is 0. The van der Waals surface area contributed by atoms with E-state index in [1.807, 2.05) is 0 Å². The molecule has 1 aromatic heterocycles. The van der Waals surface area contributed by atoms with Crippen molar-refractivity contribution in [3.05, 3.63) is 34.8 Å². The van der Waals surface area contributed by atoms with Gasteiger partial charge in [0.15, 0.2) is 11.3 Å². The maximum absolute atomic E-state index is 10.6. The second-order valence-corrected chi connectivity index (χ2v) is 3.39. The van der Waals surface area contributed by atoms with Crippen molar-refractivity contribution in [2.45, 2.75) is 5.50 Å². The monoisotopic (exact) mass is 272 g/mol. The van der Waals surface area contributed by atoms with Gasteiger partial charge in [0.1, 0.15) is 0 Å². The minimum Gasteiger partial charge on any atom is -0.496 e. The van der Waals surface area contributed by atoms with Crippen LogP contribution in [0.2, 0.25) is 0 Å². The standard InChI is InChI=1S/C5H7ClN2O.C5H6N2O2/c1-9-4-2-7-3-8-5(4)6;1-9-4-2-6-3-7-5(4)8/h2-3,5H,1H3,(H,7,8);2-3H,1H3,(H,6,7,8). The number of nitrogens with zero attached hydrogens (tertiary/aromatic N) is 2. The normalized spacial score (nSPS) is 16.8. The number of alkyl halides is 1. The number of hydrogen-bond acceptors (Lipinski definition) is 6. The van der Waals surface area contributed by atoms with E-state index in [4.69, 9.17) is 16.3 Å². The minimum atomic E-state index is -0.365. The van der Waals surface area contributed by atoms with Crippen LogP contribution in [0.25, 0.3) is 0 Å². The maximum atomic E-state index is 10.6. The Kier molecular flexibility index (Phi) is 5.72. The predicted molar refractivity (Wildman–Crippen MR) is 67.8 cm³/mol. The first kappa shape index (κ1) is 14.0. The van der Waals surface area contributed by atoms with E-state index in [2.05, 4.69) is 25.0 Å². The van der Waals surface area contributed by atoms with Crippen molar-refractivity contribution in [1.29, 1.82) is 0 Å². The molecule has 2 heterocycles. The van der Waals surface area contributed by atoms with E-state index >= 15 is 0 Å². The van der Waals surface area contributed by atoms with Gasteiger partial charge in [-0.25, -0.2) is 9.98 Å². The zero-order valence-corrected chi connectivity index (χ0v) is 10.6. The second-order valence-electron chi connectivity index (χ2n) is 2.98. The Hall–Kier alpha value is -2.02. The molecule has 0 saturated carbocycles. The van der Waals surface area contributed by atoms with Gasteiger partial charge in [-0.1, -0.05) is 11.6 Å². The number of aromatic nitrogens is 2. The first-order chi connectivity index (χ1) is 8.69. The number of ether oxygens (including phenoxy) is 2. The number of aliphatic imine (C=N–C) groups is 1. The van der Waals surface area contributed by atoms with Gasteiger partial charge in [-0.05, 0) is 0 Å². The molecule has 0 spiro atoms. The smallest absolute Gasteiger partial charge is 0.293 e. The highest BCUT2D eigenvalue weighted by molar-refractivity contribution is 6.22. The molecule has 98 valence electrons. The molecule has 2 N–H and O–H groups in total. The molecule has 7 nitrogen and oxygen atoms in total. The number of H-pyrrole nitrogens is 1. The molecule has 0 aromatic carbocycles. The van der Waals surface area contributed by atoms with Gasteiger partial charge in [-0.3, -0.25) is 4.79 Å². The summed E-state index contributed by atoms with van der Waals surface area (Å²) >= 11 is 5.65. The summed E-state index contributed by atoms with van der Waals surface area (Å²) in [4.78, 5) is 20.4. The van der Waals surface area contributed by atoms with E-state index in [1.165, 1.54) is 26.0 Å². The minimum absolute atomic E-state index is 0.234. The van der Waals surface area contributed by atoms with Crippen molar-refractivity contribution < 1.29 is 9.47 Å². The number of hydrogen-bond donors (Lipinski definition) is 2. The lowest BCUT2D eigenvalue weighted by Crippen LogP contribution is -2.16. The summed E-state index contributed by atoms with van der Waals surface area (Å²) in [5.41, 5.74) is -0.622. The molecule has 0 saturated heterocycles. The molecule has 8 heteroatoms. The fourth-order valence-corrected chi connectivity index (χ4v) is 1.21. The maximum Gasteiger partial charge on any atom is 0.293 e. The Labute approximate surface area is 109 Å². The molecule has 1 aromatic rings. The summed E-state index contributed by atoms with van der Waals surface area (Å²) in [6.07, 6.45) is 5.87. The number of halogens is 1. The van der Waals surface area contributed by atoms with Crippen molar-refractivity contribution in [3.8, 4) is 5.75 Å². The Balaban J connectivity index is 0.000000180. The van der Waals surface area contributed by atoms with Gasteiger partial charge >= 0.3 is 0 Å². The first-order valence-corrected chi connectivity index (χ1v) is 5.35. The summed E-state index contributed by atoms with van der Waals surface area (Å²) in [5.74, 6) is 0.872. The predicted octanol–water partition coefficient (Wildman–Crippen LogP) is 0.449. The number of nitrogens with one attached hydrogen (secondary N) is 2. The van der Waals surface area contributed by atoms with Crippen LogP contribution in [-0.4, -0.2) is 36.0 Å². The van der Waals surface area contributed by atoms with Crippen LogP contribution >= 0.6 is 11.6 Å². The van der Waals surface area contributed by atoms with E-state index in [1.54, 1.807) is 13.3 Å². The van der Waals surface area contributed by atoms with Gasteiger partial charge in [0.2, 0.25) is 5.75 Å². The zero-order chi connectivity index (χ0) is 13.4. The molecule has 1 atom stereocenters. The van der Waals surface area contributed by atoms with Crippen LogP contribution in [0.4, 0.5) is 0 Å². The largest absolute Gasteiger partial charge is 0.496 e. The molecule has 18 heavy (non-hydrogen) atoms. The van der Waals surface area contributed by atoms with Gasteiger partial charge < -0.3 is 19.8 Å². The Morgan fingerprint density at radius 2 is 2.17 bits per heavy atom. The average molecular weight is 273 g/mol. The zero-order valence-electron chi connectivity index (χ0n) is 9.88. The van der Waals surface area contributed by atoms with E-state index in [-0.39, 0.29) is 16.8 Å². The SMILES string of the molecule is COC1=CNC=NC1Cl.COc1cnc[nH]c1=O. The Morgan fingerprint density at radius 1 is 1.39 bits per heavy atom. The van der Waals surface area contributed by atoms with Gasteiger partial charge in [-0.2, -0.15) is 0 Å². The van der Waals surface area contributed by atoms with Crippen LogP contribution in [-0.2, 0) is 4.74 Å². The van der Waals surface area contributed by atoms with Crippen LogP contribution in [0.15, 0.2) is 34.3 Å². The first-order valence-electron chi connectivity index (χ1n) is 4.91. The van der Waals surface area contributed by atoms with Crippen molar-refractivity contribution in [1.82, 2.24) is 15.3 Å². The topological polar surface area (TPSA) is 88.6 Å². The molecule has 0 radical (unpaired) electrons. The molecule has 2 rings (SSSR count). The van der Waals surface area contributed by atoms with E-state index < -0.39 is 0 Å². The summed E-state index contributed by atoms with van der Waals surface area (Å²) < 4.78 is 9.50. The highest BCUT2D eigenvalue weighted by Crippen LogP contribution is 2.11. The average Bonchev–Trinajstić information content (AvgIpc) is 2.41. The Morgan fingerprint density at radius 3 is 2.61 bits per heavy atom. The fraction of sp³-hybridized carbons (Fsp3) is 0.300. The summed E-state index contributed by atoms with van der Waals surface area (Å²) in [5, 5.41) is 2.75. The highest BCUT2D eigenvalue weighted by atomic mass is 35.5. The van der Waals surface area contributed by atoms with E-state index in [9.17, 15) is 4.79 Å². The van der Waals surface area contributed by atoms with Crippen LogP contribution in [0, 0.1) is 0 Å². The van der Waals surface area contributed by atoms with Crippen LogP contribution in [0.1, 0.15) is 0 Å². The number of rotatable bonds is 2. The van der Waals surface area contributed by atoms with Crippen LogP contribution in [0.3, 0.4) is 0 Å². The molecule has 1 aliphatic heterocycles. The van der Waals surface area contributed by atoms with Crippen LogP contribution < -0.4 is 15.6 Å². The van der Waals surface area contributed by atoms with E-state index in [0.717, 1.165) is 0 Å². The second kappa shape index (κ2) is 7.33.